The van der Waals surface area contributed by atoms with Crippen LogP contribution in [0.5, 0.6) is 0 Å². The highest BCUT2D eigenvalue weighted by Gasteiger charge is 2.32. The predicted molar refractivity (Wildman–Crippen MR) is 104 cm³/mol. The Balaban J connectivity index is 1.30. The second-order valence-corrected chi connectivity index (χ2v) is 8.03. The Kier molecular flexibility index (Phi) is 7.21. The Hall–Kier alpha value is -1.76. The summed E-state index contributed by atoms with van der Waals surface area (Å²) in [7, 11) is 0. The van der Waals surface area contributed by atoms with Gasteiger partial charge in [0.15, 0.2) is 0 Å². The summed E-state index contributed by atoms with van der Waals surface area (Å²) in [6.45, 7) is 5.30. The third-order valence-electron chi connectivity index (χ3n) is 5.92. The first kappa shape index (κ1) is 21.0. The summed E-state index contributed by atoms with van der Waals surface area (Å²) in [6, 6.07) is 10.4. The van der Waals surface area contributed by atoms with E-state index in [9.17, 15) is 18.0 Å². The van der Waals surface area contributed by atoms with Crippen molar-refractivity contribution in [2.45, 2.75) is 50.7 Å². The van der Waals surface area contributed by atoms with Gasteiger partial charge in [0.1, 0.15) is 6.42 Å². The molecule has 0 aromatic heterocycles. The largest absolute Gasteiger partial charge is 0.397 e. The zero-order chi connectivity index (χ0) is 20.0. The predicted octanol–water partition coefficient (Wildman–Crippen LogP) is 3.83. The topological polar surface area (TPSA) is 35.6 Å². The lowest BCUT2D eigenvalue weighted by Crippen LogP contribution is -2.47. The van der Waals surface area contributed by atoms with Crippen molar-refractivity contribution in [2.75, 3.05) is 37.6 Å². The molecule has 1 heterocycles. The quantitative estimate of drug-likeness (QED) is 0.793. The molecule has 1 aliphatic heterocycles. The van der Waals surface area contributed by atoms with Crippen LogP contribution in [-0.2, 0) is 4.79 Å². The molecule has 0 radical (unpaired) electrons. The van der Waals surface area contributed by atoms with E-state index < -0.39 is 18.5 Å². The van der Waals surface area contributed by atoms with E-state index in [2.05, 4.69) is 39.4 Å². The van der Waals surface area contributed by atoms with Crippen molar-refractivity contribution >= 4 is 11.6 Å². The number of alkyl halides is 3. The van der Waals surface area contributed by atoms with Crippen molar-refractivity contribution in [1.29, 1.82) is 0 Å². The van der Waals surface area contributed by atoms with Crippen molar-refractivity contribution in [3.63, 3.8) is 0 Å². The monoisotopic (exact) mass is 397 g/mol. The van der Waals surface area contributed by atoms with Gasteiger partial charge < -0.3 is 10.2 Å². The number of anilines is 1. The molecule has 1 aliphatic carbocycles. The number of hydrogen-bond acceptors (Lipinski definition) is 3. The summed E-state index contributed by atoms with van der Waals surface area (Å²) >= 11 is 0. The second-order valence-electron chi connectivity index (χ2n) is 8.03. The zero-order valence-corrected chi connectivity index (χ0v) is 16.3. The number of amides is 1. The van der Waals surface area contributed by atoms with E-state index in [0.29, 0.717) is 5.92 Å². The highest BCUT2D eigenvalue weighted by atomic mass is 19.4. The van der Waals surface area contributed by atoms with E-state index >= 15 is 0 Å². The van der Waals surface area contributed by atoms with Gasteiger partial charge in [-0.2, -0.15) is 13.2 Å². The molecule has 0 spiro atoms. The van der Waals surface area contributed by atoms with Gasteiger partial charge in [-0.25, -0.2) is 0 Å². The number of rotatable bonds is 6. The van der Waals surface area contributed by atoms with E-state index in [1.807, 2.05) is 6.07 Å². The third kappa shape index (κ3) is 6.69. The highest BCUT2D eigenvalue weighted by Crippen LogP contribution is 2.28. The van der Waals surface area contributed by atoms with Crippen LogP contribution < -0.4 is 10.2 Å². The van der Waals surface area contributed by atoms with Gasteiger partial charge in [0.05, 0.1) is 0 Å². The zero-order valence-electron chi connectivity index (χ0n) is 16.3. The van der Waals surface area contributed by atoms with Gasteiger partial charge in [-0.15, -0.1) is 0 Å². The summed E-state index contributed by atoms with van der Waals surface area (Å²) in [5, 5.41) is 2.55. The summed E-state index contributed by atoms with van der Waals surface area (Å²) in [5.74, 6) is -0.282. The fourth-order valence-corrected chi connectivity index (χ4v) is 4.29. The number of nitrogens with one attached hydrogen (secondary N) is 1. The minimum atomic E-state index is -4.42. The number of halogens is 3. The molecule has 0 unspecified atom stereocenters. The Morgan fingerprint density at radius 3 is 2.25 bits per heavy atom. The maximum atomic E-state index is 12.3. The van der Waals surface area contributed by atoms with Crippen LogP contribution in [0.15, 0.2) is 30.3 Å². The smallest absolute Gasteiger partial charge is 0.369 e. The number of benzene rings is 1. The van der Waals surface area contributed by atoms with Crippen molar-refractivity contribution in [3.8, 4) is 0 Å². The average Bonchev–Trinajstić information content (AvgIpc) is 2.67. The summed E-state index contributed by atoms with van der Waals surface area (Å²) in [4.78, 5) is 16.4. The van der Waals surface area contributed by atoms with Crippen LogP contribution in [0.2, 0.25) is 0 Å². The Morgan fingerprint density at radius 2 is 1.64 bits per heavy atom. The Bertz CT molecular complexity index is 607. The molecular formula is C21H30F3N3O. The fourth-order valence-electron chi connectivity index (χ4n) is 4.29. The van der Waals surface area contributed by atoms with Crippen LogP contribution >= 0.6 is 0 Å². The first-order valence-electron chi connectivity index (χ1n) is 10.3. The van der Waals surface area contributed by atoms with Crippen LogP contribution in [-0.4, -0.2) is 55.7 Å². The summed E-state index contributed by atoms with van der Waals surface area (Å²) < 4.78 is 36.8. The van der Waals surface area contributed by atoms with Gasteiger partial charge in [0.2, 0.25) is 5.91 Å². The molecule has 1 aromatic rings. The van der Waals surface area contributed by atoms with Gasteiger partial charge in [-0.05, 0) is 56.7 Å². The van der Waals surface area contributed by atoms with Crippen molar-refractivity contribution < 1.29 is 18.0 Å². The molecule has 4 nitrogen and oxygen atoms in total. The first-order valence-corrected chi connectivity index (χ1v) is 10.3. The van der Waals surface area contributed by atoms with E-state index in [-0.39, 0.29) is 6.04 Å². The van der Waals surface area contributed by atoms with Gasteiger partial charge in [-0.3, -0.25) is 9.69 Å². The van der Waals surface area contributed by atoms with Gasteiger partial charge in [-0.1, -0.05) is 18.2 Å². The molecule has 156 valence electrons. The Morgan fingerprint density at radius 1 is 1.00 bits per heavy atom. The van der Waals surface area contributed by atoms with Crippen LogP contribution in [0.25, 0.3) is 0 Å². The van der Waals surface area contributed by atoms with Crippen LogP contribution in [0.3, 0.4) is 0 Å². The van der Waals surface area contributed by atoms with Crippen molar-refractivity contribution in [1.82, 2.24) is 10.2 Å². The van der Waals surface area contributed by atoms with Crippen LogP contribution in [0, 0.1) is 5.92 Å². The van der Waals surface area contributed by atoms with Gasteiger partial charge in [0, 0.05) is 37.9 Å². The van der Waals surface area contributed by atoms with Crippen molar-refractivity contribution in [2.24, 2.45) is 5.92 Å². The minimum absolute atomic E-state index is 0.0967. The molecule has 1 saturated heterocycles. The molecule has 28 heavy (non-hydrogen) atoms. The number of piperazine rings is 1. The molecule has 1 saturated carbocycles. The Labute approximate surface area is 165 Å². The fraction of sp³-hybridized carbons (Fsp3) is 0.667. The summed E-state index contributed by atoms with van der Waals surface area (Å²) in [6.07, 6.45) is -1.11. The number of para-hydroxylation sites is 1. The average molecular weight is 397 g/mol. The standard InChI is InChI=1S/C21H30F3N3O/c22-21(23,24)16-20(28)25-18-8-6-17(7-9-18)10-11-26-12-14-27(15-13-26)19-4-2-1-3-5-19/h1-5,17-18H,6-16H2,(H,25,28)/t17-,18-. The van der Waals surface area contributed by atoms with E-state index in [1.165, 1.54) is 5.69 Å². The lowest BCUT2D eigenvalue weighted by molar-refractivity contribution is -0.154. The number of carbonyl (C=O) groups excluding carboxylic acids is 1. The van der Waals surface area contributed by atoms with Gasteiger partial charge >= 0.3 is 6.18 Å². The second kappa shape index (κ2) is 9.63. The summed E-state index contributed by atoms with van der Waals surface area (Å²) in [5.41, 5.74) is 1.29. The molecule has 0 atom stereocenters. The van der Waals surface area contributed by atoms with Gasteiger partial charge in [0.25, 0.3) is 0 Å². The molecule has 1 amide bonds. The normalized spacial score (nSPS) is 24.2. The number of carbonyl (C=O) groups is 1. The molecule has 1 aromatic carbocycles. The van der Waals surface area contributed by atoms with Crippen molar-refractivity contribution in [3.05, 3.63) is 30.3 Å². The van der Waals surface area contributed by atoms with E-state index in [0.717, 1.165) is 64.8 Å². The van der Waals surface area contributed by atoms with E-state index in [1.54, 1.807) is 0 Å². The lowest BCUT2D eigenvalue weighted by atomic mass is 9.84. The first-order chi connectivity index (χ1) is 13.4. The maximum absolute atomic E-state index is 12.3. The van der Waals surface area contributed by atoms with Crippen LogP contribution in [0.4, 0.5) is 18.9 Å². The number of hydrogen-bond donors (Lipinski definition) is 1. The molecular weight excluding hydrogens is 367 g/mol. The lowest BCUT2D eigenvalue weighted by Gasteiger charge is -2.37. The molecule has 2 aliphatic rings. The third-order valence-corrected chi connectivity index (χ3v) is 5.92. The SMILES string of the molecule is O=C(CC(F)(F)F)N[C@H]1CC[C@H](CCN2CCN(c3ccccc3)CC2)CC1. The molecule has 3 rings (SSSR count). The molecule has 7 heteroatoms. The number of nitrogens with zero attached hydrogens (tertiary/aromatic N) is 2. The maximum Gasteiger partial charge on any atom is 0.397 e. The molecule has 2 fully saturated rings. The van der Waals surface area contributed by atoms with E-state index in [4.69, 9.17) is 0 Å². The molecule has 1 N–H and O–H groups in total. The highest BCUT2D eigenvalue weighted by molar-refractivity contribution is 5.76. The minimum Gasteiger partial charge on any atom is -0.369 e. The van der Waals surface area contributed by atoms with Crippen LogP contribution in [0.1, 0.15) is 38.5 Å². The molecule has 0 bridgehead atoms.